The first-order chi connectivity index (χ1) is 11.7. The average molecular weight is 340 g/mol. The summed E-state index contributed by atoms with van der Waals surface area (Å²) in [6.45, 7) is 0. The number of thioether (sulfide) groups is 1. The maximum absolute atomic E-state index is 11.0. The van der Waals surface area contributed by atoms with Crippen molar-refractivity contribution in [3.8, 4) is 28.3 Å². The molecule has 0 saturated carbocycles. The van der Waals surface area contributed by atoms with Crippen molar-refractivity contribution in [2.75, 3.05) is 12.9 Å². The molecule has 24 heavy (non-hydrogen) atoms. The molecule has 0 unspecified atom stereocenters. The molecular weight excluding hydrogens is 324 g/mol. The number of rotatable bonds is 6. The molecule has 0 fully saturated rings. The van der Waals surface area contributed by atoms with E-state index in [-0.39, 0.29) is 5.75 Å². The minimum atomic E-state index is -0.412. The van der Waals surface area contributed by atoms with Gasteiger partial charge >= 0.3 is 0 Å². The topological polar surface area (TPSA) is 78.4 Å². The van der Waals surface area contributed by atoms with E-state index in [0.29, 0.717) is 11.0 Å². The molecule has 0 spiro atoms. The number of carbonyl (C=O) groups excluding carboxylic acids is 1. The van der Waals surface area contributed by atoms with Crippen LogP contribution in [-0.2, 0) is 4.79 Å². The second kappa shape index (κ2) is 7.23. The van der Waals surface area contributed by atoms with E-state index in [0.717, 1.165) is 22.6 Å². The second-order valence-electron chi connectivity index (χ2n) is 5.01. The van der Waals surface area contributed by atoms with Crippen molar-refractivity contribution in [3.63, 3.8) is 0 Å². The highest BCUT2D eigenvalue weighted by Gasteiger charge is 2.17. The molecule has 5 nitrogen and oxygen atoms in total. The van der Waals surface area contributed by atoms with Crippen molar-refractivity contribution >= 4 is 17.7 Å². The molecule has 122 valence electrons. The lowest BCUT2D eigenvalue weighted by atomic mass is 10.1. The fourth-order valence-corrected chi connectivity index (χ4v) is 2.79. The normalized spacial score (nSPS) is 10.5. The average Bonchev–Trinajstić information content (AvgIpc) is 3.05. The van der Waals surface area contributed by atoms with Crippen molar-refractivity contribution < 1.29 is 13.9 Å². The molecular formula is C18H16N2O3S. The third-order valence-electron chi connectivity index (χ3n) is 3.34. The van der Waals surface area contributed by atoms with Crippen LogP contribution in [0.15, 0.2) is 64.2 Å². The largest absolute Gasteiger partial charge is 0.497 e. The maximum atomic E-state index is 11.0. The van der Waals surface area contributed by atoms with Crippen LogP contribution >= 0.6 is 11.8 Å². The number of amides is 1. The summed E-state index contributed by atoms with van der Waals surface area (Å²) in [6.07, 6.45) is 0. The highest BCUT2D eigenvalue weighted by Crippen LogP contribution is 2.36. The van der Waals surface area contributed by atoms with Gasteiger partial charge in [-0.25, -0.2) is 4.98 Å². The van der Waals surface area contributed by atoms with E-state index in [4.69, 9.17) is 14.9 Å². The Balaban J connectivity index is 2.03. The summed E-state index contributed by atoms with van der Waals surface area (Å²) in [4.78, 5) is 15.5. The third kappa shape index (κ3) is 3.60. The Morgan fingerprint density at radius 2 is 1.83 bits per heavy atom. The van der Waals surface area contributed by atoms with Gasteiger partial charge in [-0.3, -0.25) is 4.79 Å². The number of benzene rings is 2. The first-order valence-electron chi connectivity index (χ1n) is 7.29. The summed E-state index contributed by atoms with van der Waals surface area (Å²) >= 11 is 1.18. The van der Waals surface area contributed by atoms with Gasteiger partial charge in [0, 0.05) is 11.1 Å². The van der Waals surface area contributed by atoms with Crippen LogP contribution in [0, 0.1) is 0 Å². The number of hydrogen-bond donors (Lipinski definition) is 1. The molecule has 1 amide bonds. The second-order valence-corrected chi connectivity index (χ2v) is 5.93. The highest BCUT2D eigenvalue weighted by atomic mass is 32.2. The zero-order chi connectivity index (χ0) is 16.9. The number of methoxy groups -OCH3 is 1. The van der Waals surface area contributed by atoms with Gasteiger partial charge in [-0.05, 0) is 24.3 Å². The molecule has 0 saturated heterocycles. The lowest BCUT2D eigenvalue weighted by Gasteiger charge is -2.03. The number of nitrogens with zero attached hydrogens (tertiary/aromatic N) is 1. The first-order valence-corrected chi connectivity index (χ1v) is 8.27. The number of oxazole rings is 1. The minimum Gasteiger partial charge on any atom is -0.497 e. The predicted molar refractivity (Wildman–Crippen MR) is 93.8 cm³/mol. The molecule has 1 aromatic heterocycles. The molecule has 0 aliphatic heterocycles. The lowest BCUT2D eigenvalue weighted by molar-refractivity contribution is -0.115. The number of ether oxygens (including phenoxy) is 1. The van der Waals surface area contributed by atoms with Crippen LogP contribution in [0.1, 0.15) is 0 Å². The first kappa shape index (κ1) is 16.1. The summed E-state index contributed by atoms with van der Waals surface area (Å²) in [6, 6.07) is 17.3. The van der Waals surface area contributed by atoms with Gasteiger partial charge in [-0.1, -0.05) is 42.1 Å². The van der Waals surface area contributed by atoms with Gasteiger partial charge in [0.25, 0.3) is 5.22 Å². The molecule has 2 aromatic carbocycles. The summed E-state index contributed by atoms with van der Waals surface area (Å²) in [5.74, 6) is 1.14. The van der Waals surface area contributed by atoms with Crippen LogP contribution in [0.4, 0.5) is 0 Å². The third-order valence-corrected chi connectivity index (χ3v) is 4.20. The Morgan fingerprint density at radius 3 is 2.46 bits per heavy atom. The van der Waals surface area contributed by atoms with Crippen molar-refractivity contribution in [3.05, 3.63) is 54.6 Å². The fourth-order valence-electron chi connectivity index (χ4n) is 2.22. The molecule has 0 atom stereocenters. The van der Waals surface area contributed by atoms with Gasteiger partial charge in [-0.15, -0.1) is 0 Å². The Kier molecular flexibility index (Phi) is 4.86. The van der Waals surface area contributed by atoms with Crippen molar-refractivity contribution in [1.29, 1.82) is 0 Å². The predicted octanol–water partition coefficient (Wildman–Crippen LogP) is 3.59. The Morgan fingerprint density at radius 1 is 1.12 bits per heavy atom. The summed E-state index contributed by atoms with van der Waals surface area (Å²) in [5, 5.41) is 0.415. The Hall–Kier alpha value is -2.73. The van der Waals surface area contributed by atoms with Crippen LogP contribution in [0.25, 0.3) is 22.6 Å². The lowest BCUT2D eigenvalue weighted by Crippen LogP contribution is -2.12. The number of primary amides is 1. The molecule has 6 heteroatoms. The van der Waals surface area contributed by atoms with E-state index < -0.39 is 5.91 Å². The Bertz CT molecular complexity index is 829. The smallest absolute Gasteiger partial charge is 0.257 e. The zero-order valence-corrected chi connectivity index (χ0v) is 13.9. The molecule has 1 heterocycles. The summed E-state index contributed by atoms with van der Waals surface area (Å²) in [5.41, 5.74) is 7.74. The molecule has 2 N–H and O–H groups in total. The number of aromatic nitrogens is 1. The van der Waals surface area contributed by atoms with Gasteiger partial charge in [0.2, 0.25) is 5.91 Å². The van der Waals surface area contributed by atoms with E-state index in [1.807, 2.05) is 54.6 Å². The van der Waals surface area contributed by atoms with Crippen LogP contribution in [0.2, 0.25) is 0 Å². The van der Waals surface area contributed by atoms with E-state index in [1.54, 1.807) is 7.11 Å². The van der Waals surface area contributed by atoms with Crippen LogP contribution in [0.5, 0.6) is 5.75 Å². The van der Waals surface area contributed by atoms with Gasteiger partial charge in [0.1, 0.15) is 11.4 Å². The number of carbonyl (C=O) groups is 1. The van der Waals surface area contributed by atoms with E-state index in [1.165, 1.54) is 11.8 Å². The van der Waals surface area contributed by atoms with Gasteiger partial charge < -0.3 is 14.9 Å². The monoisotopic (exact) mass is 340 g/mol. The summed E-state index contributed by atoms with van der Waals surface area (Å²) < 4.78 is 11.1. The van der Waals surface area contributed by atoms with E-state index >= 15 is 0 Å². The number of nitrogens with two attached hydrogens (primary N) is 1. The zero-order valence-electron chi connectivity index (χ0n) is 13.1. The van der Waals surface area contributed by atoms with Gasteiger partial charge in [-0.2, -0.15) is 0 Å². The quantitative estimate of drug-likeness (QED) is 0.694. The van der Waals surface area contributed by atoms with Gasteiger partial charge in [0.05, 0.1) is 12.9 Å². The SMILES string of the molecule is COc1ccc(-c2nc(SCC(N)=O)oc2-c2ccccc2)cc1. The Labute approximate surface area is 143 Å². The standard InChI is InChI=1S/C18H16N2O3S/c1-22-14-9-7-12(8-10-14)16-17(13-5-3-2-4-6-13)23-18(20-16)24-11-15(19)21/h2-10H,11H2,1H3,(H2,19,21). The molecule has 0 radical (unpaired) electrons. The van der Waals surface area contributed by atoms with Crippen molar-refractivity contribution in [2.24, 2.45) is 5.73 Å². The molecule has 0 aliphatic rings. The fraction of sp³-hybridized carbons (Fsp3) is 0.111. The molecule has 0 aliphatic carbocycles. The molecule has 3 aromatic rings. The maximum Gasteiger partial charge on any atom is 0.257 e. The summed E-state index contributed by atoms with van der Waals surface area (Å²) in [7, 11) is 1.62. The van der Waals surface area contributed by atoms with Crippen molar-refractivity contribution in [2.45, 2.75) is 5.22 Å². The molecule has 0 bridgehead atoms. The van der Waals surface area contributed by atoms with Crippen LogP contribution in [-0.4, -0.2) is 23.8 Å². The van der Waals surface area contributed by atoms with E-state index in [9.17, 15) is 4.79 Å². The van der Waals surface area contributed by atoms with Gasteiger partial charge in [0.15, 0.2) is 5.76 Å². The van der Waals surface area contributed by atoms with Crippen LogP contribution < -0.4 is 10.5 Å². The number of hydrogen-bond acceptors (Lipinski definition) is 5. The van der Waals surface area contributed by atoms with Crippen LogP contribution in [0.3, 0.4) is 0 Å². The highest BCUT2D eigenvalue weighted by molar-refractivity contribution is 7.99. The molecule has 3 rings (SSSR count). The van der Waals surface area contributed by atoms with E-state index in [2.05, 4.69) is 4.98 Å². The van der Waals surface area contributed by atoms with Crippen molar-refractivity contribution in [1.82, 2.24) is 4.98 Å². The minimum absolute atomic E-state index is 0.122.